The van der Waals surface area contributed by atoms with Crippen LogP contribution in [0.3, 0.4) is 0 Å². The van der Waals surface area contributed by atoms with Gasteiger partial charge in [0.05, 0.1) is 0 Å². The summed E-state index contributed by atoms with van der Waals surface area (Å²) in [4.78, 5) is 22.5. The Morgan fingerprint density at radius 1 is 1.00 bits per heavy atom. The molecule has 0 aliphatic carbocycles. The van der Waals surface area contributed by atoms with Gasteiger partial charge in [0.15, 0.2) is 5.78 Å². The summed E-state index contributed by atoms with van der Waals surface area (Å²) in [6.07, 6.45) is 3.41. The number of unbranched alkanes of at least 4 members (excludes halogenated alkanes) is 2. The number of carbonyl (C=O) groups excluding carboxylic acids is 2. The minimum atomic E-state index is -0.411. The first-order valence-electron chi connectivity index (χ1n) is 6.07. The Morgan fingerprint density at radius 3 is 2.12 bits per heavy atom. The number of carbonyl (C=O) groups is 2. The van der Waals surface area contributed by atoms with Crippen LogP contribution in [-0.4, -0.2) is 31.1 Å². The molecule has 0 saturated carbocycles. The van der Waals surface area contributed by atoms with Gasteiger partial charge < -0.3 is 9.47 Å². The highest BCUT2D eigenvalue weighted by Crippen LogP contribution is 2.11. The van der Waals surface area contributed by atoms with Crippen molar-refractivity contribution in [3.05, 3.63) is 0 Å². The molecule has 0 radical (unpaired) electrons. The van der Waals surface area contributed by atoms with Gasteiger partial charge in [0.1, 0.15) is 12.2 Å². The van der Waals surface area contributed by atoms with Crippen LogP contribution in [-0.2, 0) is 19.1 Å². The number of ketones is 1. The van der Waals surface area contributed by atoms with Crippen LogP contribution in [0, 0.1) is 0 Å². The molecule has 0 aromatic heterocycles. The molecule has 0 bridgehead atoms. The second kappa shape index (κ2) is 8.23. The van der Waals surface area contributed by atoms with Crippen LogP contribution in [0.15, 0.2) is 0 Å². The van der Waals surface area contributed by atoms with E-state index in [2.05, 4.69) is 0 Å². The number of ether oxygens (including phenoxy) is 2. The highest BCUT2D eigenvalue weighted by Gasteiger charge is 2.15. The summed E-state index contributed by atoms with van der Waals surface area (Å²) in [5.74, 6) is -0.0505. The summed E-state index contributed by atoms with van der Waals surface area (Å²) < 4.78 is 9.91. The molecule has 0 aromatic rings. The standard InChI is InChI=1S/C13H24O4/c1-13(2,3)17-12(15)9-7-5-6-8-11(14)10-16-4/h5-10H2,1-4H3. The molecule has 0 rings (SSSR count). The van der Waals surface area contributed by atoms with E-state index in [1.807, 2.05) is 20.8 Å². The van der Waals surface area contributed by atoms with Gasteiger partial charge >= 0.3 is 5.97 Å². The van der Waals surface area contributed by atoms with Gasteiger partial charge in [-0.05, 0) is 33.6 Å². The van der Waals surface area contributed by atoms with Crippen molar-refractivity contribution in [1.82, 2.24) is 0 Å². The van der Waals surface area contributed by atoms with Crippen molar-refractivity contribution >= 4 is 11.8 Å². The first kappa shape index (κ1) is 16.1. The van der Waals surface area contributed by atoms with Gasteiger partial charge in [0.2, 0.25) is 0 Å². The van der Waals surface area contributed by atoms with Crippen molar-refractivity contribution in [3.63, 3.8) is 0 Å². The van der Waals surface area contributed by atoms with Gasteiger partial charge in [0.25, 0.3) is 0 Å². The quantitative estimate of drug-likeness (QED) is 0.486. The van der Waals surface area contributed by atoms with Crippen molar-refractivity contribution in [1.29, 1.82) is 0 Å². The molecule has 0 amide bonds. The normalized spacial score (nSPS) is 11.3. The van der Waals surface area contributed by atoms with E-state index in [4.69, 9.17) is 9.47 Å². The van der Waals surface area contributed by atoms with E-state index in [9.17, 15) is 9.59 Å². The maximum absolute atomic E-state index is 11.3. The zero-order chi connectivity index (χ0) is 13.3. The number of esters is 1. The highest BCUT2D eigenvalue weighted by atomic mass is 16.6. The smallest absolute Gasteiger partial charge is 0.306 e. The summed E-state index contributed by atoms with van der Waals surface area (Å²) in [7, 11) is 1.51. The molecule has 4 nitrogen and oxygen atoms in total. The van der Waals surface area contributed by atoms with Crippen LogP contribution in [0.5, 0.6) is 0 Å². The largest absolute Gasteiger partial charge is 0.460 e. The molecule has 0 unspecified atom stereocenters. The molecule has 100 valence electrons. The number of methoxy groups -OCH3 is 1. The minimum Gasteiger partial charge on any atom is -0.460 e. The molecular weight excluding hydrogens is 220 g/mol. The summed E-state index contributed by atoms with van der Waals surface area (Å²) in [5.41, 5.74) is -0.411. The fraction of sp³-hybridized carbons (Fsp3) is 0.846. The lowest BCUT2D eigenvalue weighted by Crippen LogP contribution is -2.23. The summed E-state index contributed by atoms with van der Waals surface area (Å²) in [6.45, 7) is 5.75. The molecule has 0 atom stereocenters. The SMILES string of the molecule is COCC(=O)CCCCCC(=O)OC(C)(C)C. The maximum atomic E-state index is 11.3. The van der Waals surface area contributed by atoms with Gasteiger partial charge in [0, 0.05) is 20.0 Å². The van der Waals surface area contributed by atoms with Gasteiger partial charge in [-0.3, -0.25) is 9.59 Å². The molecule has 0 heterocycles. The average molecular weight is 244 g/mol. The Hall–Kier alpha value is -0.900. The zero-order valence-electron chi connectivity index (χ0n) is 11.4. The highest BCUT2D eigenvalue weighted by molar-refractivity contribution is 5.79. The Balaban J connectivity index is 3.46. The lowest BCUT2D eigenvalue weighted by atomic mass is 10.1. The zero-order valence-corrected chi connectivity index (χ0v) is 11.4. The molecule has 0 N–H and O–H groups in total. The predicted molar refractivity (Wildman–Crippen MR) is 65.8 cm³/mol. The van der Waals surface area contributed by atoms with Crippen LogP contribution < -0.4 is 0 Å². The molecule has 0 spiro atoms. The number of rotatable bonds is 8. The minimum absolute atomic E-state index is 0.116. The van der Waals surface area contributed by atoms with E-state index in [0.717, 1.165) is 19.3 Å². The second-order valence-corrected chi connectivity index (χ2v) is 5.12. The van der Waals surface area contributed by atoms with Crippen molar-refractivity contribution in [2.24, 2.45) is 0 Å². The number of Topliss-reactive ketones (excluding diaryl/α,β-unsaturated/α-hetero) is 1. The molecular formula is C13H24O4. The van der Waals surface area contributed by atoms with Crippen molar-refractivity contribution in [2.45, 2.75) is 58.5 Å². The fourth-order valence-corrected chi connectivity index (χ4v) is 1.39. The lowest BCUT2D eigenvalue weighted by molar-refractivity contribution is -0.154. The van der Waals surface area contributed by atoms with Crippen LogP contribution in [0.4, 0.5) is 0 Å². The van der Waals surface area contributed by atoms with Crippen molar-refractivity contribution in [2.75, 3.05) is 13.7 Å². The topological polar surface area (TPSA) is 52.6 Å². The Labute approximate surface area is 104 Å². The van der Waals surface area contributed by atoms with E-state index in [0.29, 0.717) is 12.8 Å². The molecule has 0 fully saturated rings. The summed E-state index contributed by atoms with van der Waals surface area (Å²) >= 11 is 0. The second-order valence-electron chi connectivity index (χ2n) is 5.12. The maximum Gasteiger partial charge on any atom is 0.306 e. The first-order valence-corrected chi connectivity index (χ1v) is 6.07. The van der Waals surface area contributed by atoms with Gasteiger partial charge in [-0.1, -0.05) is 6.42 Å². The molecule has 0 saturated heterocycles. The predicted octanol–water partition coefficient (Wildman–Crippen LogP) is 2.49. The van der Waals surface area contributed by atoms with Gasteiger partial charge in [-0.25, -0.2) is 0 Å². The number of hydrogen-bond acceptors (Lipinski definition) is 4. The molecule has 17 heavy (non-hydrogen) atoms. The third-order valence-corrected chi connectivity index (χ3v) is 2.06. The Morgan fingerprint density at radius 2 is 1.59 bits per heavy atom. The lowest BCUT2D eigenvalue weighted by Gasteiger charge is -2.19. The van der Waals surface area contributed by atoms with Gasteiger partial charge in [-0.15, -0.1) is 0 Å². The third kappa shape index (κ3) is 11.4. The Kier molecular flexibility index (Phi) is 7.79. The third-order valence-electron chi connectivity index (χ3n) is 2.06. The fourth-order valence-electron chi connectivity index (χ4n) is 1.39. The molecule has 4 heteroatoms. The van der Waals surface area contributed by atoms with Crippen LogP contribution in [0.1, 0.15) is 52.9 Å². The van der Waals surface area contributed by atoms with E-state index in [1.54, 1.807) is 0 Å². The first-order chi connectivity index (χ1) is 7.85. The number of hydrogen-bond donors (Lipinski definition) is 0. The van der Waals surface area contributed by atoms with Gasteiger partial charge in [-0.2, -0.15) is 0 Å². The van der Waals surface area contributed by atoms with Crippen LogP contribution >= 0.6 is 0 Å². The van der Waals surface area contributed by atoms with Crippen molar-refractivity contribution < 1.29 is 19.1 Å². The monoisotopic (exact) mass is 244 g/mol. The van der Waals surface area contributed by atoms with Crippen molar-refractivity contribution in [3.8, 4) is 0 Å². The summed E-state index contributed by atoms with van der Waals surface area (Å²) in [5, 5.41) is 0. The molecule has 0 aliphatic heterocycles. The van der Waals surface area contributed by atoms with E-state index in [1.165, 1.54) is 7.11 Å². The molecule has 0 aliphatic rings. The van der Waals surface area contributed by atoms with E-state index in [-0.39, 0.29) is 18.4 Å². The van der Waals surface area contributed by atoms with Crippen LogP contribution in [0.25, 0.3) is 0 Å². The van der Waals surface area contributed by atoms with Crippen LogP contribution in [0.2, 0.25) is 0 Å². The molecule has 0 aromatic carbocycles. The van der Waals surface area contributed by atoms with E-state index >= 15 is 0 Å². The van der Waals surface area contributed by atoms with E-state index < -0.39 is 5.60 Å². The summed E-state index contributed by atoms with van der Waals surface area (Å²) in [6, 6.07) is 0. The Bertz CT molecular complexity index is 240. The average Bonchev–Trinajstić information content (AvgIpc) is 2.14.